The molecule has 1 N–H and O–H groups in total. The summed E-state index contributed by atoms with van der Waals surface area (Å²) in [6, 6.07) is 9.36. The molecule has 0 saturated carbocycles. The Morgan fingerprint density at radius 2 is 1.85 bits per heavy atom. The van der Waals surface area contributed by atoms with Gasteiger partial charge in [-0.25, -0.2) is 8.42 Å². The standard InChI is InChI=1S/C14H20O4S2/c1-11(2)20(17,18)9-8-19-13(14(15)16)10-12-6-4-3-5-7-12/h3-7,11,13H,8-10H2,1-2H3,(H,15,16). The van der Waals surface area contributed by atoms with Crippen LogP contribution in [0.3, 0.4) is 0 Å². The molecule has 0 aromatic heterocycles. The Morgan fingerprint density at radius 1 is 1.25 bits per heavy atom. The van der Waals surface area contributed by atoms with Crippen LogP contribution in [0.2, 0.25) is 0 Å². The Kier molecular flexibility index (Phi) is 6.55. The maximum absolute atomic E-state index is 11.7. The topological polar surface area (TPSA) is 71.4 Å². The van der Waals surface area contributed by atoms with Crippen molar-refractivity contribution in [3.63, 3.8) is 0 Å². The summed E-state index contributed by atoms with van der Waals surface area (Å²) in [7, 11) is -3.11. The average molecular weight is 316 g/mol. The summed E-state index contributed by atoms with van der Waals surface area (Å²) in [6.45, 7) is 3.28. The summed E-state index contributed by atoms with van der Waals surface area (Å²) in [5.41, 5.74) is 0.944. The van der Waals surface area contributed by atoms with Gasteiger partial charge in [-0.05, 0) is 25.8 Å². The summed E-state index contributed by atoms with van der Waals surface area (Å²) < 4.78 is 23.4. The molecule has 0 aliphatic rings. The Labute approximate surface area is 124 Å². The third-order valence-corrected chi connectivity index (χ3v) is 6.62. The normalized spacial score (nSPS) is 13.3. The van der Waals surface area contributed by atoms with Gasteiger partial charge in [0.2, 0.25) is 0 Å². The highest BCUT2D eigenvalue weighted by molar-refractivity contribution is 8.01. The second-order valence-electron chi connectivity index (χ2n) is 4.80. The van der Waals surface area contributed by atoms with E-state index in [9.17, 15) is 18.3 Å². The van der Waals surface area contributed by atoms with Gasteiger partial charge >= 0.3 is 5.97 Å². The van der Waals surface area contributed by atoms with Gasteiger partial charge in [0.25, 0.3) is 0 Å². The average Bonchev–Trinajstić information content (AvgIpc) is 2.38. The molecule has 0 bridgehead atoms. The molecule has 1 aromatic carbocycles. The first-order valence-electron chi connectivity index (χ1n) is 6.43. The van der Waals surface area contributed by atoms with Gasteiger partial charge in [0, 0.05) is 5.75 Å². The van der Waals surface area contributed by atoms with Gasteiger partial charge in [-0.1, -0.05) is 30.3 Å². The molecule has 6 heteroatoms. The van der Waals surface area contributed by atoms with Crippen molar-refractivity contribution in [2.45, 2.75) is 30.8 Å². The summed E-state index contributed by atoms with van der Waals surface area (Å²) in [4.78, 5) is 11.2. The summed E-state index contributed by atoms with van der Waals surface area (Å²) in [5.74, 6) is -0.570. The number of hydrogen-bond donors (Lipinski definition) is 1. The van der Waals surface area contributed by atoms with Crippen LogP contribution in [0.1, 0.15) is 19.4 Å². The molecule has 1 rings (SSSR count). The molecule has 1 unspecified atom stereocenters. The minimum Gasteiger partial charge on any atom is -0.480 e. The lowest BCUT2D eigenvalue weighted by Gasteiger charge is -2.13. The van der Waals surface area contributed by atoms with Crippen LogP contribution in [0.4, 0.5) is 0 Å². The number of aliphatic carboxylic acids is 1. The second kappa shape index (κ2) is 7.69. The first-order chi connectivity index (χ1) is 9.33. The molecule has 0 radical (unpaired) electrons. The van der Waals surface area contributed by atoms with Gasteiger partial charge in [-0.15, -0.1) is 11.8 Å². The van der Waals surface area contributed by atoms with Gasteiger partial charge < -0.3 is 5.11 Å². The van der Waals surface area contributed by atoms with Crippen molar-refractivity contribution in [1.29, 1.82) is 0 Å². The van der Waals surface area contributed by atoms with Crippen LogP contribution in [-0.2, 0) is 21.1 Å². The van der Waals surface area contributed by atoms with Crippen molar-refractivity contribution >= 4 is 27.6 Å². The number of benzene rings is 1. The van der Waals surface area contributed by atoms with E-state index in [1.807, 2.05) is 30.3 Å². The molecule has 1 atom stereocenters. The van der Waals surface area contributed by atoms with E-state index in [1.165, 1.54) is 11.8 Å². The van der Waals surface area contributed by atoms with Gasteiger partial charge in [0.05, 0.1) is 11.0 Å². The fraction of sp³-hybridized carbons (Fsp3) is 0.500. The Bertz CT molecular complexity index is 523. The molecule has 0 amide bonds. The lowest BCUT2D eigenvalue weighted by atomic mass is 10.1. The zero-order chi connectivity index (χ0) is 15.2. The minimum atomic E-state index is -3.11. The van der Waals surface area contributed by atoms with Crippen LogP contribution in [0.15, 0.2) is 30.3 Å². The van der Waals surface area contributed by atoms with Crippen molar-refractivity contribution in [2.24, 2.45) is 0 Å². The fourth-order valence-electron chi connectivity index (χ4n) is 1.59. The number of thioether (sulfide) groups is 1. The number of hydrogen-bond acceptors (Lipinski definition) is 4. The molecule has 0 aliphatic heterocycles. The lowest BCUT2D eigenvalue weighted by Crippen LogP contribution is -2.23. The first kappa shape index (κ1) is 17.0. The summed E-state index contributed by atoms with van der Waals surface area (Å²) >= 11 is 1.19. The third-order valence-electron chi connectivity index (χ3n) is 2.94. The SMILES string of the molecule is CC(C)S(=O)(=O)CCSC(Cc1ccccc1)C(=O)O. The molecule has 0 saturated heterocycles. The predicted molar refractivity (Wildman–Crippen MR) is 83.0 cm³/mol. The number of carbonyl (C=O) groups is 1. The smallest absolute Gasteiger partial charge is 0.316 e. The first-order valence-corrected chi connectivity index (χ1v) is 9.19. The number of carboxylic acid groups (broad SMARTS) is 1. The van der Waals surface area contributed by atoms with Crippen LogP contribution in [0.5, 0.6) is 0 Å². The van der Waals surface area contributed by atoms with Crippen molar-refractivity contribution < 1.29 is 18.3 Å². The molecule has 20 heavy (non-hydrogen) atoms. The lowest BCUT2D eigenvalue weighted by molar-refractivity contribution is -0.136. The second-order valence-corrected chi connectivity index (χ2v) is 8.79. The van der Waals surface area contributed by atoms with E-state index in [-0.39, 0.29) is 5.75 Å². The van der Waals surface area contributed by atoms with Crippen LogP contribution < -0.4 is 0 Å². The van der Waals surface area contributed by atoms with Crippen molar-refractivity contribution in [2.75, 3.05) is 11.5 Å². The Hall–Kier alpha value is -1.01. The molecule has 0 aliphatic carbocycles. The van der Waals surface area contributed by atoms with E-state index in [1.54, 1.807) is 13.8 Å². The molecule has 112 valence electrons. The van der Waals surface area contributed by atoms with Crippen LogP contribution in [0, 0.1) is 0 Å². The zero-order valence-electron chi connectivity index (χ0n) is 11.7. The molecule has 1 aromatic rings. The van der Waals surface area contributed by atoms with E-state index >= 15 is 0 Å². The maximum Gasteiger partial charge on any atom is 0.316 e. The molecule has 0 heterocycles. The van der Waals surface area contributed by atoms with Gasteiger partial charge in [-0.2, -0.15) is 0 Å². The molecule has 4 nitrogen and oxygen atoms in total. The Balaban J connectivity index is 2.55. The van der Waals surface area contributed by atoms with Gasteiger partial charge in [0.1, 0.15) is 5.25 Å². The predicted octanol–water partition coefficient (Wildman–Crippen LogP) is 2.24. The monoisotopic (exact) mass is 316 g/mol. The number of rotatable bonds is 8. The van der Waals surface area contributed by atoms with E-state index in [0.29, 0.717) is 12.2 Å². The van der Waals surface area contributed by atoms with Gasteiger partial charge in [-0.3, -0.25) is 4.79 Å². The van der Waals surface area contributed by atoms with Crippen molar-refractivity contribution in [3.8, 4) is 0 Å². The zero-order valence-corrected chi connectivity index (χ0v) is 13.3. The van der Waals surface area contributed by atoms with E-state index in [4.69, 9.17) is 0 Å². The highest BCUT2D eigenvalue weighted by Crippen LogP contribution is 2.18. The highest BCUT2D eigenvalue weighted by Gasteiger charge is 2.21. The number of carboxylic acids is 1. The quantitative estimate of drug-likeness (QED) is 0.796. The van der Waals surface area contributed by atoms with Crippen molar-refractivity contribution in [1.82, 2.24) is 0 Å². The molecule has 0 spiro atoms. The largest absolute Gasteiger partial charge is 0.480 e. The number of sulfone groups is 1. The van der Waals surface area contributed by atoms with E-state index in [2.05, 4.69) is 0 Å². The summed E-state index contributed by atoms with van der Waals surface area (Å²) in [6.07, 6.45) is 0.405. The Morgan fingerprint density at radius 3 is 2.35 bits per heavy atom. The van der Waals surface area contributed by atoms with Crippen LogP contribution >= 0.6 is 11.8 Å². The molecular weight excluding hydrogens is 296 g/mol. The summed E-state index contributed by atoms with van der Waals surface area (Å²) in [5, 5.41) is 8.18. The fourth-order valence-corrected chi connectivity index (χ4v) is 4.11. The van der Waals surface area contributed by atoms with Crippen molar-refractivity contribution in [3.05, 3.63) is 35.9 Å². The maximum atomic E-state index is 11.7. The third kappa shape index (κ3) is 5.54. The highest BCUT2D eigenvalue weighted by atomic mass is 32.2. The molecular formula is C14H20O4S2. The molecule has 0 fully saturated rings. The van der Waals surface area contributed by atoms with Crippen LogP contribution in [0.25, 0.3) is 0 Å². The van der Waals surface area contributed by atoms with Gasteiger partial charge in [0.15, 0.2) is 9.84 Å². The van der Waals surface area contributed by atoms with E-state index in [0.717, 1.165) is 5.56 Å². The van der Waals surface area contributed by atoms with Crippen LogP contribution in [-0.4, -0.2) is 41.5 Å². The minimum absolute atomic E-state index is 0.0217. The van der Waals surface area contributed by atoms with E-state index < -0.39 is 26.3 Å².